The van der Waals surface area contributed by atoms with Crippen LogP contribution in [0, 0.1) is 0 Å². The van der Waals surface area contributed by atoms with Gasteiger partial charge in [-0.1, -0.05) is 38.5 Å². The summed E-state index contributed by atoms with van der Waals surface area (Å²) < 4.78 is 10.7. The number of carbonyl (C=O) groups excluding carboxylic acids is 2. The van der Waals surface area contributed by atoms with Crippen LogP contribution in [-0.2, 0) is 9.59 Å². The zero-order valence-corrected chi connectivity index (χ0v) is 14.4. The first-order valence-corrected chi connectivity index (χ1v) is 8.28. The fourth-order valence-corrected chi connectivity index (χ4v) is 2.80. The molecule has 0 unspecified atom stereocenters. The molecule has 4 nitrogen and oxygen atoms in total. The monoisotopic (exact) mass is 328 g/mol. The standard InChI is InChI=1S/C20H24O4/c1-13(2)19(21)23-16-10-11-17(15-8-6-5-7-9-15)18(12-16)24-20(22)14(3)4/h10-12,15H,1,3,5-9H2,2,4H3. The predicted molar refractivity (Wildman–Crippen MR) is 93.2 cm³/mol. The molecule has 0 spiro atoms. The van der Waals surface area contributed by atoms with Crippen molar-refractivity contribution in [3.8, 4) is 11.5 Å². The summed E-state index contributed by atoms with van der Waals surface area (Å²) in [5, 5.41) is 0. The highest BCUT2D eigenvalue weighted by Gasteiger charge is 2.22. The van der Waals surface area contributed by atoms with E-state index in [1.165, 1.54) is 19.3 Å². The lowest BCUT2D eigenvalue weighted by Gasteiger charge is -2.24. The van der Waals surface area contributed by atoms with Crippen molar-refractivity contribution in [2.45, 2.75) is 51.9 Å². The second-order valence-corrected chi connectivity index (χ2v) is 6.37. The van der Waals surface area contributed by atoms with E-state index in [0.29, 0.717) is 28.6 Å². The van der Waals surface area contributed by atoms with Crippen LogP contribution in [-0.4, -0.2) is 11.9 Å². The highest BCUT2D eigenvalue weighted by atomic mass is 16.5. The number of ether oxygens (including phenoxy) is 2. The van der Waals surface area contributed by atoms with E-state index in [1.54, 1.807) is 26.0 Å². The van der Waals surface area contributed by atoms with Crippen molar-refractivity contribution in [1.29, 1.82) is 0 Å². The topological polar surface area (TPSA) is 52.6 Å². The molecule has 1 aliphatic carbocycles. The molecule has 1 aromatic rings. The Morgan fingerprint density at radius 1 is 0.958 bits per heavy atom. The zero-order chi connectivity index (χ0) is 17.7. The second kappa shape index (κ2) is 7.95. The van der Waals surface area contributed by atoms with Crippen LogP contribution >= 0.6 is 0 Å². The van der Waals surface area contributed by atoms with Gasteiger partial charge < -0.3 is 9.47 Å². The van der Waals surface area contributed by atoms with E-state index in [-0.39, 0.29) is 0 Å². The highest BCUT2D eigenvalue weighted by molar-refractivity contribution is 5.90. The quantitative estimate of drug-likeness (QED) is 0.447. The zero-order valence-electron chi connectivity index (χ0n) is 14.4. The van der Waals surface area contributed by atoms with E-state index >= 15 is 0 Å². The minimum Gasteiger partial charge on any atom is -0.423 e. The number of carbonyl (C=O) groups is 2. The Bertz CT molecular complexity index is 666. The Morgan fingerprint density at radius 2 is 1.54 bits per heavy atom. The average molecular weight is 328 g/mol. The summed E-state index contributed by atoms with van der Waals surface area (Å²) in [6.45, 7) is 10.4. The highest BCUT2D eigenvalue weighted by Crippen LogP contribution is 2.39. The van der Waals surface area contributed by atoms with Gasteiger partial charge in [0.1, 0.15) is 11.5 Å². The van der Waals surface area contributed by atoms with Crippen molar-refractivity contribution in [3.63, 3.8) is 0 Å². The van der Waals surface area contributed by atoms with E-state index in [4.69, 9.17) is 9.47 Å². The molecule has 1 saturated carbocycles. The molecule has 0 heterocycles. The lowest BCUT2D eigenvalue weighted by atomic mass is 9.83. The van der Waals surface area contributed by atoms with Gasteiger partial charge in [0.05, 0.1) is 0 Å². The molecule has 0 saturated heterocycles. The fraction of sp³-hybridized carbons (Fsp3) is 0.400. The van der Waals surface area contributed by atoms with Crippen molar-refractivity contribution < 1.29 is 19.1 Å². The maximum Gasteiger partial charge on any atom is 0.338 e. The van der Waals surface area contributed by atoms with Gasteiger partial charge >= 0.3 is 11.9 Å². The van der Waals surface area contributed by atoms with Crippen LogP contribution in [0.5, 0.6) is 11.5 Å². The lowest BCUT2D eigenvalue weighted by Crippen LogP contribution is -2.13. The maximum atomic E-state index is 11.9. The summed E-state index contributed by atoms with van der Waals surface area (Å²) in [5.41, 5.74) is 1.63. The third-order valence-corrected chi connectivity index (χ3v) is 4.14. The first-order valence-electron chi connectivity index (χ1n) is 8.28. The van der Waals surface area contributed by atoms with Crippen LogP contribution in [0.2, 0.25) is 0 Å². The summed E-state index contributed by atoms with van der Waals surface area (Å²) in [6.07, 6.45) is 5.73. The minimum absolute atomic E-state index is 0.312. The van der Waals surface area contributed by atoms with Crippen LogP contribution in [0.1, 0.15) is 57.4 Å². The van der Waals surface area contributed by atoms with Gasteiger partial charge in [-0.15, -0.1) is 0 Å². The Balaban J connectivity index is 2.31. The van der Waals surface area contributed by atoms with Crippen molar-refractivity contribution in [1.82, 2.24) is 0 Å². The normalized spacial score (nSPS) is 14.8. The molecule has 0 bridgehead atoms. The molecule has 0 N–H and O–H groups in total. The maximum absolute atomic E-state index is 11.9. The molecular weight excluding hydrogens is 304 g/mol. The third kappa shape index (κ3) is 4.57. The van der Waals surface area contributed by atoms with E-state index in [1.807, 2.05) is 6.07 Å². The molecule has 1 aliphatic rings. The summed E-state index contributed by atoms with van der Waals surface area (Å²) in [6, 6.07) is 5.23. The van der Waals surface area contributed by atoms with E-state index < -0.39 is 11.9 Å². The van der Waals surface area contributed by atoms with Gasteiger partial charge in [-0.05, 0) is 44.2 Å². The molecule has 0 atom stereocenters. The molecule has 1 fully saturated rings. The Kier molecular flexibility index (Phi) is 5.96. The van der Waals surface area contributed by atoms with E-state index in [0.717, 1.165) is 18.4 Å². The van der Waals surface area contributed by atoms with Gasteiger partial charge in [0.15, 0.2) is 0 Å². The summed E-state index contributed by atoms with van der Waals surface area (Å²) in [5.74, 6) is 0.166. The molecular formula is C20H24O4. The number of hydrogen-bond donors (Lipinski definition) is 0. The van der Waals surface area contributed by atoms with Gasteiger partial charge in [-0.3, -0.25) is 0 Å². The Hall–Kier alpha value is -2.36. The molecule has 24 heavy (non-hydrogen) atoms. The lowest BCUT2D eigenvalue weighted by molar-refractivity contribution is -0.130. The van der Waals surface area contributed by atoms with E-state index in [9.17, 15) is 9.59 Å². The number of rotatable bonds is 5. The minimum atomic E-state index is -0.502. The van der Waals surface area contributed by atoms with Crippen LogP contribution in [0.25, 0.3) is 0 Å². The number of benzene rings is 1. The summed E-state index contributed by atoms with van der Waals surface area (Å²) in [4.78, 5) is 23.6. The van der Waals surface area contributed by atoms with Crippen molar-refractivity contribution in [2.24, 2.45) is 0 Å². The molecule has 1 aromatic carbocycles. The smallest absolute Gasteiger partial charge is 0.338 e. The fourth-order valence-electron chi connectivity index (χ4n) is 2.80. The first-order chi connectivity index (χ1) is 11.4. The van der Waals surface area contributed by atoms with Gasteiger partial charge in [0.2, 0.25) is 0 Å². The Morgan fingerprint density at radius 3 is 2.12 bits per heavy atom. The van der Waals surface area contributed by atoms with Gasteiger partial charge in [0, 0.05) is 17.2 Å². The summed E-state index contributed by atoms with van der Waals surface area (Å²) >= 11 is 0. The summed E-state index contributed by atoms with van der Waals surface area (Å²) in [7, 11) is 0. The third-order valence-electron chi connectivity index (χ3n) is 4.14. The molecule has 0 aliphatic heterocycles. The molecule has 4 heteroatoms. The number of esters is 2. The molecule has 128 valence electrons. The van der Waals surface area contributed by atoms with Crippen LogP contribution < -0.4 is 9.47 Å². The molecule has 0 aromatic heterocycles. The van der Waals surface area contributed by atoms with Crippen LogP contribution in [0.15, 0.2) is 42.5 Å². The predicted octanol–water partition coefficient (Wildman–Crippen LogP) is 4.70. The van der Waals surface area contributed by atoms with Gasteiger partial charge in [-0.2, -0.15) is 0 Å². The molecule has 0 radical (unpaired) electrons. The van der Waals surface area contributed by atoms with Crippen LogP contribution in [0.3, 0.4) is 0 Å². The molecule has 2 rings (SSSR count). The largest absolute Gasteiger partial charge is 0.423 e. The van der Waals surface area contributed by atoms with Crippen molar-refractivity contribution >= 4 is 11.9 Å². The number of hydrogen-bond acceptors (Lipinski definition) is 4. The van der Waals surface area contributed by atoms with Crippen molar-refractivity contribution in [3.05, 3.63) is 48.1 Å². The van der Waals surface area contributed by atoms with Crippen LogP contribution in [0.4, 0.5) is 0 Å². The average Bonchev–Trinajstić information content (AvgIpc) is 2.55. The van der Waals surface area contributed by atoms with E-state index in [2.05, 4.69) is 13.2 Å². The second-order valence-electron chi connectivity index (χ2n) is 6.37. The SMILES string of the molecule is C=C(C)C(=O)Oc1ccc(C2CCCCC2)c(OC(=O)C(=C)C)c1. The first kappa shape index (κ1) is 18.0. The van der Waals surface area contributed by atoms with Gasteiger partial charge in [0.25, 0.3) is 0 Å². The Labute approximate surface area is 143 Å². The van der Waals surface area contributed by atoms with Gasteiger partial charge in [-0.25, -0.2) is 9.59 Å². The van der Waals surface area contributed by atoms with Crippen molar-refractivity contribution in [2.75, 3.05) is 0 Å². The molecule has 0 amide bonds.